The topological polar surface area (TPSA) is 114 Å². The summed E-state index contributed by atoms with van der Waals surface area (Å²) in [7, 11) is 1.55. The van der Waals surface area contributed by atoms with Crippen molar-refractivity contribution in [2.75, 3.05) is 25.6 Å². The first-order valence-corrected chi connectivity index (χ1v) is 12.6. The number of hydrogen-bond acceptors (Lipinski definition) is 9. The van der Waals surface area contributed by atoms with Gasteiger partial charge in [-0.2, -0.15) is 5.10 Å². The highest BCUT2D eigenvalue weighted by atomic mass is 35.5. The first-order valence-electron chi connectivity index (χ1n) is 12.2. The zero-order chi connectivity index (χ0) is 27.7. The predicted molar refractivity (Wildman–Crippen MR) is 143 cm³/mol. The summed E-state index contributed by atoms with van der Waals surface area (Å²) in [5.74, 6) is 0.141. The van der Waals surface area contributed by atoms with Crippen molar-refractivity contribution in [1.82, 2.24) is 14.8 Å². The fourth-order valence-corrected chi connectivity index (χ4v) is 3.74. The van der Waals surface area contributed by atoms with Gasteiger partial charge in [-0.15, -0.1) is 0 Å². The van der Waals surface area contributed by atoms with Crippen molar-refractivity contribution in [3.8, 4) is 17.2 Å². The average molecular weight is 545 g/mol. The maximum absolute atomic E-state index is 13.1. The largest absolute Gasteiger partial charge is 0.497 e. The van der Waals surface area contributed by atoms with Crippen molar-refractivity contribution in [3.05, 3.63) is 59.6 Å². The monoisotopic (exact) mass is 544 g/mol. The molecule has 1 aromatic heterocycles. The summed E-state index contributed by atoms with van der Waals surface area (Å²) in [4.78, 5) is 29.1. The Kier molecular flexibility index (Phi) is 9.95. The lowest BCUT2D eigenvalue weighted by Gasteiger charge is -2.22. The maximum atomic E-state index is 13.1. The predicted octanol–water partition coefficient (Wildman–Crippen LogP) is 5.15. The van der Waals surface area contributed by atoms with Crippen molar-refractivity contribution in [2.45, 2.75) is 52.2 Å². The third-order valence-corrected chi connectivity index (χ3v) is 5.37. The highest BCUT2D eigenvalue weighted by Crippen LogP contribution is 2.33. The third-order valence-electron chi connectivity index (χ3n) is 5.13. The van der Waals surface area contributed by atoms with Gasteiger partial charge in [-0.05, 0) is 52.3 Å². The van der Waals surface area contributed by atoms with Gasteiger partial charge in [0.1, 0.15) is 29.8 Å². The molecule has 0 fully saturated rings. The summed E-state index contributed by atoms with van der Waals surface area (Å²) >= 11 is 6.25. The molecule has 3 rings (SSSR count). The van der Waals surface area contributed by atoms with Crippen molar-refractivity contribution >= 4 is 29.2 Å². The van der Waals surface area contributed by atoms with E-state index in [0.717, 1.165) is 0 Å². The summed E-state index contributed by atoms with van der Waals surface area (Å²) in [6, 6.07) is 9.43. The second kappa shape index (κ2) is 13.1. The molecule has 11 heteroatoms. The molecular weight excluding hydrogens is 512 g/mol. The van der Waals surface area contributed by atoms with Crippen LogP contribution in [-0.2, 0) is 19.1 Å². The molecule has 204 valence electrons. The standard InChI is InChI=1S/C27H33ClN4O6/c1-6-36-26(34)25(31-19-13-20(15-21(14-19)35-5)32-17-29-16-30-32)22-10-9-18(28)12-23(22)37-11-7-8-24(33)38-27(2,3)4/h9-10,12-17,25,31H,6-8,11H2,1-5H3. The van der Waals surface area contributed by atoms with Gasteiger partial charge < -0.3 is 24.3 Å². The fraction of sp³-hybridized carbons (Fsp3) is 0.407. The second-order valence-corrected chi connectivity index (χ2v) is 9.75. The number of hydrogen-bond donors (Lipinski definition) is 1. The number of rotatable bonds is 12. The van der Waals surface area contributed by atoms with Crippen molar-refractivity contribution < 1.29 is 28.5 Å². The minimum Gasteiger partial charge on any atom is -0.497 e. The molecule has 0 amide bonds. The smallest absolute Gasteiger partial charge is 0.333 e. The zero-order valence-electron chi connectivity index (χ0n) is 22.2. The van der Waals surface area contributed by atoms with E-state index in [0.29, 0.717) is 39.9 Å². The van der Waals surface area contributed by atoms with Crippen molar-refractivity contribution in [1.29, 1.82) is 0 Å². The maximum Gasteiger partial charge on any atom is 0.333 e. The summed E-state index contributed by atoms with van der Waals surface area (Å²) < 4.78 is 23.7. The molecule has 10 nitrogen and oxygen atoms in total. The highest BCUT2D eigenvalue weighted by molar-refractivity contribution is 6.30. The molecule has 0 saturated heterocycles. The van der Waals surface area contributed by atoms with Gasteiger partial charge in [0.15, 0.2) is 6.04 Å². The average Bonchev–Trinajstić information content (AvgIpc) is 3.40. The molecule has 1 N–H and O–H groups in total. The fourth-order valence-electron chi connectivity index (χ4n) is 3.58. The van der Waals surface area contributed by atoms with Crippen LogP contribution >= 0.6 is 11.6 Å². The van der Waals surface area contributed by atoms with E-state index in [1.54, 1.807) is 61.4 Å². The molecule has 0 bridgehead atoms. The van der Waals surface area contributed by atoms with E-state index in [-0.39, 0.29) is 25.6 Å². The van der Waals surface area contributed by atoms with Gasteiger partial charge in [-0.25, -0.2) is 14.5 Å². The number of carbonyl (C=O) groups excluding carboxylic acids is 2. The van der Waals surface area contributed by atoms with Gasteiger partial charge in [-0.1, -0.05) is 17.7 Å². The molecule has 0 aliphatic carbocycles. The lowest BCUT2D eigenvalue weighted by atomic mass is 10.0. The lowest BCUT2D eigenvalue weighted by molar-refractivity contribution is -0.155. The van der Waals surface area contributed by atoms with E-state index in [1.165, 1.54) is 6.33 Å². The number of nitrogens with zero attached hydrogens (tertiary/aromatic N) is 3. The van der Waals surface area contributed by atoms with E-state index in [9.17, 15) is 9.59 Å². The molecule has 2 aromatic carbocycles. The number of benzene rings is 2. The Hall–Kier alpha value is -3.79. The Bertz CT molecular complexity index is 1230. The number of methoxy groups -OCH3 is 1. The first-order chi connectivity index (χ1) is 18.1. The van der Waals surface area contributed by atoms with Crippen molar-refractivity contribution in [2.24, 2.45) is 0 Å². The molecule has 0 aliphatic rings. The van der Waals surface area contributed by atoms with Crippen LogP contribution in [0.2, 0.25) is 5.02 Å². The molecule has 3 aromatic rings. The molecule has 0 saturated carbocycles. The SMILES string of the molecule is CCOC(=O)C(Nc1cc(OC)cc(-n2cncn2)c1)c1ccc(Cl)cc1OCCCC(=O)OC(C)(C)C. The number of aromatic nitrogens is 3. The summed E-state index contributed by atoms with van der Waals surface area (Å²) in [6.45, 7) is 7.61. The van der Waals surface area contributed by atoms with E-state index >= 15 is 0 Å². The van der Waals surface area contributed by atoms with Gasteiger partial charge >= 0.3 is 11.9 Å². The summed E-state index contributed by atoms with van der Waals surface area (Å²) in [6.07, 6.45) is 3.61. The third kappa shape index (κ3) is 8.37. The molecule has 1 unspecified atom stereocenters. The molecule has 1 atom stereocenters. The Morgan fingerprint density at radius 1 is 1.16 bits per heavy atom. The van der Waals surface area contributed by atoms with Crippen LogP contribution in [0.5, 0.6) is 11.5 Å². The Balaban J connectivity index is 1.85. The Morgan fingerprint density at radius 2 is 1.95 bits per heavy atom. The van der Waals surface area contributed by atoms with Gasteiger partial charge in [0.05, 0.1) is 26.0 Å². The van der Waals surface area contributed by atoms with Crippen LogP contribution in [0.1, 0.15) is 52.1 Å². The van der Waals surface area contributed by atoms with E-state index in [1.807, 2.05) is 20.8 Å². The van der Waals surface area contributed by atoms with E-state index in [2.05, 4.69) is 15.4 Å². The molecule has 0 radical (unpaired) electrons. The summed E-state index contributed by atoms with van der Waals surface area (Å²) in [5.41, 5.74) is 1.24. The molecule has 38 heavy (non-hydrogen) atoms. The Labute approximate surface area is 227 Å². The molecule has 0 spiro atoms. The minimum absolute atomic E-state index is 0.193. The van der Waals surface area contributed by atoms with Crippen LogP contribution in [0.3, 0.4) is 0 Å². The summed E-state index contributed by atoms with van der Waals surface area (Å²) in [5, 5.41) is 7.84. The van der Waals surface area contributed by atoms with E-state index < -0.39 is 17.6 Å². The number of nitrogens with one attached hydrogen (secondary N) is 1. The minimum atomic E-state index is -0.927. The zero-order valence-corrected chi connectivity index (χ0v) is 22.9. The number of halogens is 1. The number of esters is 2. The van der Waals surface area contributed by atoms with Gasteiger partial charge in [0.2, 0.25) is 0 Å². The van der Waals surface area contributed by atoms with E-state index in [4.69, 9.17) is 30.5 Å². The first kappa shape index (κ1) is 28.8. The van der Waals surface area contributed by atoms with Crippen LogP contribution in [-0.4, -0.2) is 52.6 Å². The molecule has 0 aliphatic heterocycles. The van der Waals surface area contributed by atoms with Gasteiger partial charge in [0, 0.05) is 34.8 Å². The Morgan fingerprint density at radius 3 is 2.61 bits per heavy atom. The van der Waals surface area contributed by atoms with Crippen molar-refractivity contribution in [3.63, 3.8) is 0 Å². The van der Waals surface area contributed by atoms with Gasteiger partial charge in [0.25, 0.3) is 0 Å². The van der Waals surface area contributed by atoms with Crippen LogP contribution in [0, 0.1) is 0 Å². The highest BCUT2D eigenvalue weighted by Gasteiger charge is 2.26. The number of ether oxygens (including phenoxy) is 4. The quantitative estimate of drug-likeness (QED) is 0.244. The number of carbonyl (C=O) groups is 2. The molecule has 1 heterocycles. The van der Waals surface area contributed by atoms with Gasteiger partial charge in [-0.3, -0.25) is 4.79 Å². The number of anilines is 1. The lowest BCUT2D eigenvalue weighted by Crippen LogP contribution is -2.25. The van der Waals surface area contributed by atoms with Crippen LogP contribution in [0.25, 0.3) is 5.69 Å². The van der Waals surface area contributed by atoms with Crippen LogP contribution in [0.4, 0.5) is 5.69 Å². The van der Waals surface area contributed by atoms with Crippen LogP contribution in [0.15, 0.2) is 49.1 Å². The molecular formula is C27H33ClN4O6. The normalized spacial score (nSPS) is 11.9. The second-order valence-electron chi connectivity index (χ2n) is 9.31. The van der Waals surface area contributed by atoms with Crippen LogP contribution < -0.4 is 14.8 Å².